The first-order valence-corrected chi connectivity index (χ1v) is 8.85. The van der Waals surface area contributed by atoms with E-state index in [4.69, 9.17) is 0 Å². The van der Waals surface area contributed by atoms with Crippen molar-refractivity contribution in [2.45, 2.75) is 38.0 Å². The maximum absolute atomic E-state index is 11.9. The van der Waals surface area contributed by atoms with Crippen LogP contribution in [0.3, 0.4) is 0 Å². The van der Waals surface area contributed by atoms with Crippen molar-refractivity contribution in [1.82, 2.24) is 4.72 Å². The second kappa shape index (κ2) is 6.59. The van der Waals surface area contributed by atoms with Gasteiger partial charge in [-0.2, -0.15) is 0 Å². The van der Waals surface area contributed by atoms with Crippen LogP contribution >= 0.6 is 0 Å². The molecule has 1 aromatic rings. The van der Waals surface area contributed by atoms with E-state index in [1.54, 1.807) is 12.1 Å². The molecule has 0 aromatic heterocycles. The smallest absolute Gasteiger partial charge is 0.240 e. The average molecular weight is 296 g/mol. The van der Waals surface area contributed by atoms with E-state index >= 15 is 0 Å². The number of hydrogen-bond donors (Lipinski definition) is 2. The maximum atomic E-state index is 11.9. The predicted octanol–water partition coefficient (Wildman–Crippen LogP) is 2.83. The summed E-state index contributed by atoms with van der Waals surface area (Å²) in [7, 11) is -3.35. The zero-order chi connectivity index (χ0) is 14.6. The van der Waals surface area contributed by atoms with Crippen LogP contribution in [0.2, 0.25) is 0 Å². The van der Waals surface area contributed by atoms with E-state index in [2.05, 4.69) is 17.0 Å². The van der Waals surface area contributed by atoms with E-state index in [0.29, 0.717) is 17.4 Å². The van der Waals surface area contributed by atoms with Crippen molar-refractivity contribution in [3.63, 3.8) is 0 Å². The molecule has 0 aliphatic heterocycles. The molecule has 0 radical (unpaired) electrons. The van der Waals surface area contributed by atoms with Gasteiger partial charge in [0, 0.05) is 18.8 Å². The molecule has 112 valence electrons. The molecule has 1 atom stereocenters. The Morgan fingerprint density at radius 1 is 1.25 bits per heavy atom. The third-order valence-corrected chi connectivity index (χ3v) is 5.24. The molecule has 1 aliphatic carbocycles. The summed E-state index contributed by atoms with van der Waals surface area (Å²) in [6.45, 7) is 5.63. The van der Waals surface area contributed by atoms with Crippen molar-refractivity contribution in [2.75, 3.05) is 18.4 Å². The molecule has 2 N–H and O–H groups in total. The fraction of sp³-hybridized carbons (Fsp3) is 0.600. The lowest BCUT2D eigenvalue weighted by Gasteiger charge is -2.13. The summed E-state index contributed by atoms with van der Waals surface area (Å²) in [5, 5.41) is 3.37. The van der Waals surface area contributed by atoms with Gasteiger partial charge >= 0.3 is 0 Å². The number of benzene rings is 1. The summed E-state index contributed by atoms with van der Waals surface area (Å²) in [6.07, 6.45) is 3.49. The number of rotatable bonds is 8. The van der Waals surface area contributed by atoms with Gasteiger partial charge in [0.15, 0.2) is 0 Å². The topological polar surface area (TPSA) is 58.2 Å². The van der Waals surface area contributed by atoms with Gasteiger partial charge in [0.1, 0.15) is 0 Å². The van der Waals surface area contributed by atoms with Crippen LogP contribution in [-0.4, -0.2) is 21.5 Å². The second-order valence-electron chi connectivity index (χ2n) is 5.62. The Kier molecular flexibility index (Phi) is 5.05. The van der Waals surface area contributed by atoms with Gasteiger partial charge in [-0.15, -0.1) is 0 Å². The van der Waals surface area contributed by atoms with E-state index in [9.17, 15) is 8.42 Å². The van der Waals surface area contributed by atoms with Gasteiger partial charge in [0.05, 0.1) is 4.90 Å². The van der Waals surface area contributed by atoms with Crippen molar-refractivity contribution >= 4 is 15.7 Å². The van der Waals surface area contributed by atoms with Crippen molar-refractivity contribution in [1.29, 1.82) is 0 Å². The normalized spacial score (nSPS) is 16.9. The molecule has 0 spiro atoms. The van der Waals surface area contributed by atoms with Crippen LogP contribution in [0.4, 0.5) is 5.69 Å². The quantitative estimate of drug-likeness (QED) is 0.775. The molecule has 0 heterocycles. The fourth-order valence-corrected chi connectivity index (χ4v) is 3.32. The van der Waals surface area contributed by atoms with Gasteiger partial charge in [-0.05, 0) is 55.4 Å². The highest BCUT2D eigenvalue weighted by atomic mass is 32.2. The predicted molar refractivity (Wildman–Crippen MR) is 82.3 cm³/mol. The molecule has 0 bridgehead atoms. The minimum atomic E-state index is -3.35. The standard InChI is InChI=1S/C15H24N2O2S/c1-3-10-17-20(18,19)15-8-6-14(7-9-15)16-11-12(2)13-4-5-13/h6-9,12-13,16-17H,3-5,10-11H2,1-2H3. The fourth-order valence-electron chi connectivity index (χ4n) is 2.18. The average Bonchev–Trinajstić information content (AvgIpc) is 3.27. The highest BCUT2D eigenvalue weighted by molar-refractivity contribution is 7.89. The first-order chi connectivity index (χ1) is 9.53. The van der Waals surface area contributed by atoms with Crippen molar-refractivity contribution in [2.24, 2.45) is 11.8 Å². The first-order valence-electron chi connectivity index (χ1n) is 7.36. The van der Waals surface area contributed by atoms with Crippen molar-refractivity contribution in [3.8, 4) is 0 Å². The van der Waals surface area contributed by atoms with E-state index in [1.165, 1.54) is 12.8 Å². The van der Waals surface area contributed by atoms with Crippen molar-refractivity contribution in [3.05, 3.63) is 24.3 Å². The molecule has 1 aromatic carbocycles. The Hall–Kier alpha value is -1.07. The van der Waals surface area contributed by atoms with Gasteiger partial charge in [-0.3, -0.25) is 0 Å². The van der Waals surface area contributed by atoms with Gasteiger partial charge in [0.2, 0.25) is 10.0 Å². The third kappa shape index (κ3) is 4.21. The van der Waals surface area contributed by atoms with E-state index < -0.39 is 10.0 Å². The molecular weight excluding hydrogens is 272 g/mol. The summed E-state index contributed by atoms with van der Waals surface area (Å²) < 4.78 is 26.4. The molecule has 1 fully saturated rings. The van der Waals surface area contributed by atoms with Crippen LogP contribution in [0.5, 0.6) is 0 Å². The zero-order valence-electron chi connectivity index (χ0n) is 12.2. The SMILES string of the molecule is CCCNS(=O)(=O)c1ccc(NCC(C)C2CC2)cc1. The first kappa shape index (κ1) is 15.3. The maximum Gasteiger partial charge on any atom is 0.240 e. The summed E-state index contributed by atoms with van der Waals surface area (Å²) in [5.41, 5.74) is 0.979. The Morgan fingerprint density at radius 2 is 1.90 bits per heavy atom. The molecule has 0 saturated heterocycles. The molecule has 1 aliphatic rings. The largest absolute Gasteiger partial charge is 0.385 e. The van der Waals surface area contributed by atoms with Crippen LogP contribution in [-0.2, 0) is 10.0 Å². The van der Waals surface area contributed by atoms with Gasteiger partial charge < -0.3 is 5.32 Å². The van der Waals surface area contributed by atoms with E-state index in [1.807, 2.05) is 19.1 Å². The van der Waals surface area contributed by atoms with Gasteiger partial charge in [0.25, 0.3) is 0 Å². The lowest BCUT2D eigenvalue weighted by molar-refractivity contribution is 0.536. The van der Waals surface area contributed by atoms with Gasteiger partial charge in [-0.25, -0.2) is 13.1 Å². The monoisotopic (exact) mass is 296 g/mol. The lowest BCUT2D eigenvalue weighted by Crippen LogP contribution is -2.24. The number of hydrogen-bond acceptors (Lipinski definition) is 3. The van der Waals surface area contributed by atoms with Gasteiger partial charge in [-0.1, -0.05) is 13.8 Å². The highest BCUT2D eigenvalue weighted by Gasteiger charge is 2.27. The Bertz CT molecular complexity index is 521. The minimum absolute atomic E-state index is 0.326. The highest BCUT2D eigenvalue weighted by Crippen LogP contribution is 2.36. The lowest BCUT2D eigenvalue weighted by atomic mass is 10.1. The molecule has 4 nitrogen and oxygen atoms in total. The Labute approximate surface area is 122 Å². The van der Waals surface area contributed by atoms with Crippen LogP contribution in [0.1, 0.15) is 33.1 Å². The number of sulfonamides is 1. The Morgan fingerprint density at radius 3 is 2.45 bits per heavy atom. The second-order valence-corrected chi connectivity index (χ2v) is 7.38. The molecule has 1 unspecified atom stereocenters. The summed E-state index contributed by atoms with van der Waals surface area (Å²) in [6, 6.07) is 6.98. The molecule has 20 heavy (non-hydrogen) atoms. The number of nitrogens with one attached hydrogen (secondary N) is 2. The molecule has 1 saturated carbocycles. The number of anilines is 1. The summed E-state index contributed by atoms with van der Waals surface area (Å²) >= 11 is 0. The van der Waals surface area contributed by atoms with E-state index in [0.717, 1.165) is 24.6 Å². The molecule has 5 heteroatoms. The zero-order valence-corrected chi connectivity index (χ0v) is 13.0. The van der Waals surface area contributed by atoms with Crippen molar-refractivity contribution < 1.29 is 8.42 Å². The third-order valence-electron chi connectivity index (χ3n) is 3.76. The van der Waals surface area contributed by atoms with Crippen LogP contribution in [0.25, 0.3) is 0 Å². The summed E-state index contributed by atoms with van der Waals surface area (Å²) in [5.74, 6) is 1.56. The van der Waals surface area contributed by atoms with Crippen LogP contribution < -0.4 is 10.0 Å². The minimum Gasteiger partial charge on any atom is -0.385 e. The van der Waals surface area contributed by atoms with Crippen LogP contribution in [0, 0.1) is 11.8 Å². The van der Waals surface area contributed by atoms with Crippen LogP contribution in [0.15, 0.2) is 29.2 Å². The molecule has 2 rings (SSSR count). The molecular formula is C15H24N2O2S. The van der Waals surface area contributed by atoms with E-state index in [-0.39, 0.29) is 0 Å². The molecule has 0 amide bonds. The summed E-state index contributed by atoms with van der Waals surface area (Å²) in [4.78, 5) is 0.326. The Balaban J connectivity index is 1.91.